The number of hydrogen-bond acceptors (Lipinski definition) is 1. The molecule has 0 aliphatic rings. The molecule has 4 heteroatoms. The van der Waals surface area contributed by atoms with Crippen LogP contribution in [0, 0.1) is 5.82 Å². The van der Waals surface area contributed by atoms with Gasteiger partial charge in [0.05, 0.1) is 0 Å². The van der Waals surface area contributed by atoms with Gasteiger partial charge in [0.15, 0.2) is 0 Å². The third-order valence-electron chi connectivity index (χ3n) is 3.93. The van der Waals surface area contributed by atoms with Gasteiger partial charge in [0.2, 0.25) is 0 Å². The Morgan fingerprint density at radius 2 is 1.77 bits per heavy atom. The maximum absolute atomic E-state index is 14.1. The first-order valence-corrected chi connectivity index (χ1v) is 7.19. The summed E-state index contributed by atoms with van der Waals surface area (Å²) in [4.78, 5) is 0. The van der Waals surface area contributed by atoms with Crippen LogP contribution < -0.4 is 4.74 Å². The van der Waals surface area contributed by atoms with Crippen LogP contribution in [0.5, 0.6) is 5.75 Å². The highest BCUT2D eigenvalue weighted by Crippen LogP contribution is 2.36. The van der Waals surface area contributed by atoms with Crippen molar-refractivity contribution in [2.24, 2.45) is 0 Å². The Morgan fingerprint density at radius 1 is 1.09 bits per heavy atom. The fraction of sp³-hybridized carbons (Fsp3) is 0.333. The lowest BCUT2D eigenvalue weighted by atomic mass is 9.77. The largest absolute Gasteiger partial charge is 0.435 e. The van der Waals surface area contributed by atoms with E-state index in [0.29, 0.717) is 17.5 Å². The maximum atomic E-state index is 14.1. The summed E-state index contributed by atoms with van der Waals surface area (Å²) >= 11 is 0. The van der Waals surface area contributed by atoms with Gasteiger partial charge in [-0.3, -0.25) is 0 Å². The Hall–Kier alpha value is -1.97. The van der Waals surface area contributed by atoms with Crippen LogP contribution in [0.3, 0.4) is 0 Å². The van der Waals surface area contributed by atoms with Gasteiger partial charge in [0, 0.05) is 5.41 Å². The highest BCUT2D eigenvalue weighted by atomic mass is 19.3. The molecule has 1 nitrogen and oxygen atoms in total. The highest BCUT2D eigenvalue weighted by Gasteiger charge is 2.27. The van der Waals surface area contributed by atoms with Gasteiger partial charge in [0.25, 0.3) is 0 Å². The monoisotopic (exact) mass is 308 g/mol. The smallest absolute Gasteiger partial charge is 0.387 e. The van der Waals surface area contributed by atoms with Gasteiger partial charge >= 0.3 is 6.61 Å². The molecule has 0 atom stereocenters. The van der Waals surface area contributed by atoms with E-state index in [0.717, 1.165) is 5.56 Å². The van der Waals surface area contributed by atoms with Gasteiger partial charge in [-0.1, -0.05) is 51.1 Å². The molecule has 0 aliphatic heterocycles. The minimum Gasteiger partial charge on any atom is -0.435 e. The number of halogens is 3. The average Bonchev–Trinajstić information content (AvgIpc) is 2.46. The SMILES string of the molecule is CCc1ccc(C(C)(C)c2ccccc2F)cc1OC(F)F. The number of ether oxygens (including phenoxy) is 1. The Bertz CT molecular complexity index is 651. The normalized spacial score (nSPS) is 11.8. The fourth-order valence-electron chi connectivity index (χ4n) is 2.56. The van der Waals surface area contributed by atoms with Crippen molar-refractivity contribution < 1.29 is 17.9 Å². The van der Waals surface area contributed by atoms with Crippen LogP contribution in [0.4, 0.5) is 13.2 Å². The molecular formula is C18H19F3O. The van der Waals surface area contributed by atoms with Crippen LogP contribution in [0.1, 0.15) is 37.5 Å². The molecule has 22 heavy (non-hydrogen) atoms. The van der Waals surface area contributed by atoms with Crippen LogP contribution in [0.2, 0.25) is 0 Å². The zero-order chi connectivity index (χ0) is 16.3. The quantitative estimate of drug-likeness (QED) is 0.727. The van der Waals surface area contributed by atoms with Crippen molar-refractivity contribution in [1.29, 1.82) is 0 Å². The molecule has 2 rings (SSSR count). The lowest BCUT2D eigenvalue weighted by Gasteiger charge is -2.27. The number of alkyl halides is 2. The van der Waals surface area contributed by atoms with Gasteiger partial charge in [0.1, 0.15) is 11.6 Å². The highest BCUT2D eigenvalue weighted by molar-refractivity contribution is 5.45. The van der Waals surface area contributed by atoms with Gasteiger partial charge in [-0.15, -0.1) is 0 Å². The summed E-state index contributed by atoms with van der Waals surface area (Å²) in [6, 6.07) is 11.7. The maximum Gasteiger partial charge on any atom is 0.387 e. The standard InChI is InChI=1S/C18H19F3O/c1-4-12-9-10-13(11-16(12)22-17(20)21)18(2,3)14-7-5-6-8-15(14)19/h5-11,17H,4H2,1-3H3. The second kappa shape index (κ2) is 6.42. The van der Waals surface area contributed by atoms with E-state index in [-0.39, 0.29) is 11.6 Å². The van der Waals surface area contributed by atoms with Crippen molar-refractivity contribution in [1.82, 2.24) is 0 Å². The zero-order valence-electron chi connectivity index (χ0n) is 12.9. The molecule has 0 saturated heterocycles. The van der Waals surface area contributed by atoms with E-state index >= 15 is 0 Å². The molecule has 0 saturated carbocycles. The van der Waals surface area contributed by atoms with E-state index in [1.165, 1.54) is 6.07 Å². The van der Waals surface area contributed by atoms with Crippen LogP contribution >= 0.6 is 0 Å². The lowest BCUT2D eigenvalue weighted by Crippen LogP contribution is -2.21. The first-order chi connectivity index (χ1) is 10.4. The third-order valence-corrected chi connectivity index (χ3v) is 3.93. The van der Waals surface area contributed by atoms with Crippen LogP contribution in [0.15, 0.2) is 42.5 Å². The van der Waals surface area contributed by atoms with Crippen LogP contribution in [-0.4, -0.2) is 6.61 Å². The molecule has 0 spiro atoms. The molecule has 0 amide bonds. The van der Waals surface area contributed by atoms with Gasteiger partial charge in [-0.05, 0) is 35.2 Å². The Kier molecular flexibility index (Phi) is 4.79. The molecule has 118 valence electrons. The molecule has 0 fully saturated rings. The van der Waals surface area contributed by atoms with Gasteiger partial charge in [-0.2, -0.15) is 8.78 Å². The second-order valence-corrected chi connectivity index (χ2v) is 5.66. The van der Waals surface area contributed by atoms with E-state index in [1.807, 2.05) is 26.8 Å². The van der Waals surface area contributed by atoms with Crippen molar-refractivity contribution in [3.05, 3.63) is 65.0 Å². The van der Waals surface area contributed by atoms with Crippen LogP contribution in [-0.2, 0) is 11.8 Å². The van der Waals surface area contributed by atoms with Crippen molar-refractivity contribution in [3.63, 3.8) is 0 Å². The molecule has 2 aromatic rings. The van der Waals surface area contributed by atoms with Gasteiger partial charge in [-0.25, -0.2) is 4.39 Å². The molecular weight excluding hydrogens is 289 g/mol. The fourth-order valence-corrected chi connectivity index (χ4v) is 2.56. The summed E-state index contributed by atoms with van der Waals surface area (Å²) in [7, 11) is 0. The molecule has 0 aromatic heterocycles. The minimum atomic E-state index is -2.88. The van der Waals surface area contributed by atoms with E-state index in [4.69, 9.17) is 0 Å². The summed E-state index contributed by atoms with van der Waals surface area (Å²) in [5.74, 6) is -0.164. The summed E-state index contributed by atoms with van der Waals surface area (Å²) < 4.78 is 43.8. The third kappa shape index (κ3) is 3.26. The topological polar surface area (TPSA) is 9.23 Å². The lowest BCUT2D eigenvalue weighted by molar-refractivity contribution is -0.0504. The Balaban J connectivity index is 2.49. The predicted octanol–water partition coefficient (Wildman–Crippen LogP) is 5.32. The Morgan fingerprint density at radius 3 is 2.36 bits per heavy atom. The zero-order valence-corrected chi connectivity index (χ0v) is 12.9. The molecule has 0 aliphatic carbocycles. The molecule has 0 unspecified atom stereocenters. The van der Waals surface area contributed by atoms with E-state index in [2.05, 4.69) is 4.74 Å². The Labute approximate surface area is 128 Å². The van der Waals surface area contributed by atoms with E-state index in [9.17, 15) is 13.2 Å². The summed E-state index contributed by atoms with van der Waals surface area (Å²) in [5.41, 5.74) is 1.29. The molecule has 0 bridgehead atoms. The van der Waals surface area contributed by atoms with Gasteiger partial charge < -0.3 is 4.74 Å². The van der Waals surface area contributed by atoms with Crippen LogP contribution in [0.25, 0.3) is 0 Å². The molecule has 0 heterocycles. The number of rotatable bonds is 5. The number of benzene rings is 2. The van der Waals surface area contributed by atoms with Crippen molar-refractivity contribution in [2.45, 2.75) is 39.2 Å². The van der Waals surface area contributed by atoms with Crippen molar-refractivity contribution >= 4 is 0 Å². The molecule has 2 aromatic carbocycles. The van der Waals surface area contributed by atoms with Crippen molar-refractivity contribution in [3.8, 4) is 5.75 Å². The summed E-state index contributed by atoms with van der Waals surface area (Å²) in [6.45, 7) is 2.71. The van der Waals surface area contributed by atoms with E-state index < -0.39 is 12.0 Å². The number of aryl methyl sites for hydroxylation is 1. The van der Waals surface area contributed by atoms with E-state index in [1.54, 1.807) is 30.3 Å². The molecule has 0 N–H and O–H groups in total. The number of hydrogen-bond donors (Lipinski definition) is 0. The average molecular weight is 308 g/mol. The summed E-state index contributed by atoms with van der Waals surface area (Å²) in [5, 5.41) is 0. The first kappa shape index (κ1) is 16.4. The van der Waals surface area contributed by atoms with Crippen molar-refractivity contribution in [2.75, 3.05) is 0 Å². The minimum absolute atomic E-state index is 0.152. The predicted molar refractivity (Wildman–Crippen MR) is 81.0 cm³/mol. The second-order valence-electron chi connectivity index (χ2n) is 5.66. The first-order valence-electron chi connectivity index (χ1n) is 7.19. The molecule has 0 radical (unpaired) electrons. The summed E-state index contributed by atoms with van der Waals surface area (Å²) in [6.07, 6.45) is 0.586.